The van der Waals surface area contributed by atoms with Crippen LogP contribution in [0.15, 0.2) is 0 Å². The van der Waals surface area contributed by atoms with Crippen LogP contribution in [0.25, 0.3) is 0 Å². The van der Waals surface area contributed by atoms with Crippen molar-refractivity contribution < 1.29 is 32.9 Å². The number of unbranched alkanes of at least 4 members (excludes halogenated alkanes) is 21. The van der Waals surface area contributed by atoms with Gasteiger partial charge in [-0.2, -0.15) is 0 Å². The molecule has 0 saturated carbocycles. The summed E-state index contributed by atoms with van der Waals surface area (Å²) < 4.78 is 22.9. The van der Waals surface area contributed by atoms with E-state index in [1.165, 1.54) is 116 Å². The molecule has 0 aromatic heterocycles. The van der Waals surface area contributed by atoms with Crippen molar-refractivity contribution in [2.45, 2.75) is 187 Å². The highest BCUT2D eigenvalue weighted by atomic mass is 31.2. The molecule has 0 saturated heterocycles. The summed E-state index contributed by atoms with van der Waals surface area (Å²) in [5, 5.41) is 13.6. The van der Waals surface area contributed by atoms with Gasteiger partial charge >= 0.3 is 0 Å². The zero-order valence-corrected chi connectivity index (χ0v) is 31.2. The molecule has 0 aliphatic rings. The topological polar surface area (TPSA) is 108 Å². The Balaban J connectivity index is 3.96. The molecule has 3 unspecified atom stereocenters. The molecular formula is C36H75N2O6P. The van der Waals surface area contributed by atoms with Gasteiger partial charge in [0.05, 0.1) is 39.9 Å². The molecule has 0 aliphatic carbocycles. The Kier molecular flexibility index (Phi) is 29.3. The van der Waals surface area contributed by atoms with Crippen LogP contribution < -0.4 is 10.2 Å². The van der Waals surface area contributed by atoms with Crippen LogP contribution in [0.1, 0.15) is 174 Å². The lowest BCUT2D eigenvalue weighted by molar-refractivity contribution is -0.870. The largest absolute Gasteiger partial charge is 0.756 e. The first kappa shape index (κ1) is 44.5. The third kappa shape index (κ3) is 31.8. The Bertz CT molecular complexity index is 718. The van der Waals surface area contributed by atoms with Crippen LogP contribution in [0.5, 0.6) is 0 Å². The number of aliphatic hydroxyl groups is 1. The molecule has 45 heavy (non-hydrogen) atoms. The Morgan fingerprint density at radius 2 is 1.09 bits per heavy atom. The van der Waals surface area contributed by atoms with E-state index in [0.717, 1.165) is 32.1 Å². The standard InChI is InChI=1S/C36H75N2O6P/c1-6-8-10-11-12-13-14-15-16-17-18-19-20-21-22-23-24-25-26-27-28-29-35(39)34(37-36(40)30-9-7-2)33-44-45(41,42)43-32-31-38(3,4)5/h34-35,39H,6-33H2,1-5H3,(H-,37,40,41,42). The maximum Gasteiger partial charge on any atom is 0.268 e. The molecule has 1 amide bonds. The molecule has 2 N–H and O–H groups in total. The predicted molar refractivity (Wildman–Crippen MR) is 187 cm³/mol. The summed E-state index contributed by atoms with van der Waals surface area (Å²) in [4.78, 5) is 24.6. The average Bonchev–Trinajstić information content (AvgIpc) is 2.98. The van der Waals surface area contributed by atoms with Gasteiger partial charge in [-0.05, 0) is 12.8 Å². The summed E-state index contributed by atoms with van der Waals surface area (Å²) in [7, 11) is 1.30. The van der Waals surface area contributed by atoms with Crippen molar-refractivity contribution in [3.8, 4) is 0 Å². The van der Waals surface area contributed by atoms with E-state index in [9.17, 15) is 19.4 Å². The molecule has 0 radical (unpaired) electrons. The number of likely N-dealkylation sites (N-methyl/N-ethyl adjacent to an activating group) is 1. The van der Waals surface area contributed by atoms with E-state index in [1.807, 2.05) is 28.1 Å². The SMILES string of the molecule is CCCCCCCCCCCCCCCCCCCCCCCC(O)C(COP(=O)([O-])OCC[N+](C)(C)C)NC(=O)CCCC. The number of nitrogens with zero attached hydrogens (tertiary/aromatic N) is 1. The summed E-state index contributed by atoms with van der Waals surface area (Å²) in [5.74, 6) is -0.199. The van der Waals surface area contributed by atoms with Crippen molar-refractivity contribution in [2.75, 3.05) is 40.9 Å². The molecule has 0 bridgehead atoms. The monoisotopic (exact) mass is 663 g/mol. The fourth-order valence-electron chi connectivity index (χ4n) is 5.49. The number of hydrogen-bond donors (Lipinski definition) is 2. The van der Waals surface area contributed by atoms with Crippen molar-refractivity contribution in [1.82, 2.24) is 5.32 Å². The number of nitrogens with one attached hydrogen (secondary N) is 1. The third-order valence-electron chi connectivity index (χ3n) is 8.60. The number of phosphoric ester groups is 1. The Morgan fingerprint density at radius 1 is 0.689 bits per heavy atom. The van der Waals surface area contributed by atoms with Gasteiger partial charge in [-0.15, -0.1) is 0 Å². The van der Waals surface area contributed by atoms with Crippen molar-refractivity contribution in [3.63, 3.8) is 0 Å². The van der Waals surface area contributed by atoms with E-state index < -0.39 is 20.0 Å². The van der Waals surface area contributed by atoms with Gasteiger partial charge in [0.1, 0.15) is 13.2 Å². The summed E-state index contributed by atoms with van der Waals surface area (Å²) in [6.45, 7) is 4.48. The second-order valence-electron chi connectivity index (χ2n) is 14.3. The summed E-state index contributed by atoms with van der Waals surface area (Å²) >= 11 is 0. The average molecular weight is 663 g/mol. The van der Waals surface area contributed by atoms with E-state index in [2.05, 4.69) is 12.2 Å². The van der Waals surface area contributed by atoms with Gasteiger partial charge in [0, 0.05) is 6.42 Å². The first-order valence-corrected chi connectivity index (χ1v) is 20.3. The summed E-state index contributed by atoms with van der Waals surface area (Å²) in [6.07, 6.45) is 29.3. The molecule has 3 atom stereocenters. The number of phosphoric acid groups is 1. The molecule has 9 heteroatoms. The van der Waals surface area contributed by atoms with Crippen molar-refractivity contribution in [3.05, 3.63) is 0 Å². The van der Waals surface area contributed by atoms with Gasteiger partial charge in [-0.25, -0.2) is 0 Å². The van der Waals surface area contributed by atoms with Gasteiger partial charge in [0.25, 0.3) is 7.82 Å². The van der Waals surface area contributed by atoms with Gasteiger partial charge in [-0.3, -0.25) is 9.36 Å². The number of amides is 1. The third-order valence-corrected chi connectivity index (χ3v) is 9.56. The number of quaternary nitrogens is 1. The number of aliphatic hydroxyl groups excluding tert-OH is 1. The predicted octanol–water partition coefficient (Wildman–Crippen LogP) is 8.83. The lowest BCUT2D eigenvalue weighted by Gasteiger charge is -2.30. The molecule has 0 aliphatic heterocycles. The number of hydrogen-bond acceptors (Lipinski definition) is 6. The van der Waals surface area contributed by atoms with Crippen LogP contribution in [0.4, 0.5) is 0 Å². The van der Waals surface area contributed by atoms with Crippen LogP contribution in [0.2, 0.25) is 0 Å². The maximum atomic E-state index is 12.3. The Hall–Kier alpha value is -0.500. The van der Waals surface area contributed by atoms with Crippen LogP contribution in [0.3, 0.4) is 0 Å². The van der Waals surface area contributed by atoms with Gasteiger partial charge < -0.3 is 28.8 Å². The maximum absolute atomic E-state index is 12.3. The Morgan fingerprint density at radius 3 is 1.49 bits per heavy atom. The first-order valence-electron chi connectivity index (χ1n) is 18.9. The highest BCUT2D eigenvalue weighted by Gasteiger charge is 2.24. The van der Waals surface area contributed by atoms with Crippen LogP contribution in [-0.2, 0) is 18.4 Å². The molecule has 0 aromatic carbocycles. The number of carbonyl (C=O) groups is 1. The minimum Gasteiger partial charge on any atom is -0.756 e. The lowest BCUT2D eigenvalue weighted by Crippen LogP contribution is -2.46. The van der Waals surface area contributed by atoms with E-state index in [-0.39, 0.29) is 19.1 Å². The van der Waals surface area contributed by atoms with E-state index in [1.54, 1.807) is 0 Å². The van der Waals surface area contributed by atoms with E-state index in [4.69, 9.17) is 9.05 Å². The highest BCUT2D eigenvalue weighted by molar-refractivity contribution is 7.45. The molecule has 0 aromatic rings. The molecular weight excluding hydrogens is 587 g/mol. The lowest BCUT2D eigenvalue weighted by atomic mass is 10.0. The number of rotatable bonds is 34. The van der Waals surface area contributed by atoms with E-state index >= 15 is 0 Å². The molecule has 8 nitrogen and oxygen atoms in total. The molecule has 270 valence electrons. The quantitative estimate of drug-likeness (QED) is 0.0405. The first-order chi connectivity index (χ1) is 21.5. The summed E-state index contributed by atoms with van der Waals surface area (Å²) in [5.41, 5.74) is 0. The van der Waals surface area contributed by atoms with Gasteiger partial charge in [0.2, 0.25) is 5.91 Å². The molecule has 0 rings (SSSR count). The normalized spacial score (nSPS) is 14.7. The van der Waals surface area contributed by atoms with Gasteiger partial charge in [0.15, 0.2) is 0 Å². The van der Waals surface area contributed by atoms with Crippen LogP contribution in [0, 0.1) is 0 Å². The smallest absolute Gasteiger partial charge is 0.268 e. The zero-order valence-electron chi connectivity index (χ0n) is 30.3. The van der Waals surface area contributed by atoms with Crippen LogP contribution >= 0.6 is 7.82 Å². The minimum atomic E-state index is -4.53. The second-order valence-corrected chi connectivity index (χ2v) is 15.7. The minimum absolute atomic E-state index is 0.0137. The van der Waals surface area contributed by atoms with Crippen molar-refractivity contribution in [1.29, 1.82) is 0 Å². The number of carbonyl (C=O) groups excluding carboxylic acids is 1. The van der Waals surface area contributed by atoms with Gasteiger partial charge in [-0.1, -0.05) is 155 Å². The summed E-state index contributed by atoms with van der Waals surface area (Å²) in [6, 6.07) is -0.788. The Labute approximate surface area is 279 Å². The molecule has 0 spiro atoms. The van der Waals surface area contributed by atoms with E-state index in [0.29, 0.717) is 23.9 Å². The fraction of sp³-hybridized carbons (Fsp3) is 0.972. The zero-order chi connectivity index (χ0) is 33.7. The second kappa shape index (κ2) is 29.6. The highest BCUT2D eigenvalue weighted by Crippen LogP contribution is 2.38. The van der Waals surface area contributed by atoms with Crippen molar-refractivity contribution >= 4 is 13.7 Å². The molecule has 0 heterocycles. The van der Waals surface area contributed by atoms with Crippen molar-refractivity contribution in [2.24, 2.45) is 0 Å². The molecule has 0 fully saturated rings. The fourth-order valence-corrected chi connectivity index (χ4v) is 6.21. The van der Waals surface area contributed by atoms with Crippen LogP contribution in [-0.4, -0.2) is 68.5 Å².